The Labute approximate surface area is 110 Å². The summed E-state index contributed by atoms with van der Waals surface area (Å²) < 4.78 is 0. The molecule has 1 aliphatic rings. The first-order valence-electron chi connectivity index (χ1n) is 6.38. The highest BCUT2D eigenvalue weighted by atomic mass is 16.4. The third-order valence-corrected chi connectivity index (χ3v) is 3.66. The first kappa shape index (κ1) is 11.9. The molecule has 0 bridgehead atoms. The SMILES string of the molecule is Cc1cccc2ncnc(N3CCC[C@H]3C(=O)O)c12. The Bertz CT molecular complexity index is 636. The van der Waals surface area contributed by atoms with Crippen LogP contribution < -0.4 is 4.90 Å². The van der Waals surface area contributed by atoms with E-state index in [1.165, 1.54) is 6.33 Å². The van der Waals surface area contributed by atoms with E-state index in [1.54, 1.807) is 0 Å². The minimum absolute atomic E-state index is 0.474. The molecule has 5 nitrogen and oxygen atoms in total. The number of aliphatic carboxylic acids is 1. The largest absolute Gasteiger partial charge is 0.480 e. The van der Waals surface area contributed by atoms with Crippen molar-refractivity contribution in [1.82, 2.24) is 9.97 Å². The summed E-state index contributed by atoms with van der Waals surface area (Å²) in [6.07, 6.45) is 3.06. The summed E-state index contributed by atoms with van der Waals surface area (Å²) in [5.41, 5.74) is 1.94. The van der Waals surface area contributed by atoms with Gasteiger partial charge < -0.3 is 10.0 Å². The fourth-order valence-electron chi connectivity index (χ4n) is 2.76. The molecule has 1 aliphatic heterocycles. The van der Waals surface area contributed by atoms with E-state index in [0.717, 1.165) is 35.2 Å². The Morgan fingerprint density at radius 3 is 3.05 bits per heavy atom. The lowest BCUT2D eigenvalue weighted by Gasteiger charge is -2.24. The lowest BCUT2D eigenvalue weighted by atomic mass is 10.1. The van der Waals surface area contributed by atoms with Gasteiger partial charge in [-0.1, -0.05) is 12.1 Å². The highest BCUT2D eigenvalue weighted by molar-refractivity contribution is 5.94. The number of benzene rings is 1. The highest BCUT2D eigenvalue weighted by Crippen LogP contribution is 2.31. The summed E-state index contributed by atoms with van der Waals surface area (Å²) in [7, 11) is 0. The van der Waals surface area contributed by atoms with Crippen molar-refractivity contribution < 1.29 is 9.90 Å². The van der Waals surface area contributed by atoms with E-state index in [2.05, 4.69) is 9.97 Å². The van der Waals surface area contributed by atoms with Crippen LogP contribution in [0.15, 0.2) is 24.5 Å². The molecule has 1 aromatic heterocycles. The Kier molecular flexibility index (Phi) is 2.81. The number of nitrogens with zero attached hydrogens (tertiary/aromatic N) is 3. The molecule has 1 aromatic carbocycles. The smallest absolute Gasteiger partial charge is 0.326 e. The van der Waals surface area contributed by atoms with Gasteiger partial charge in [0.15, 0.2) is 0 Å². The van der Waals surface area contributed by atoms with Crippen LogP contribution in [-0.2, 0) is 4.79 Å². The van der Waals surface area contributed by atoms with Crippen LogP contribution in [-0.4, -0.2) is 33.6 Å². The molecule has 1 saturated heterocycles. The van der Waals surface area contributed by atoms with Gasteiger partial charge in [-0.2, -0.15) is 0 Å². The fourth-order valence-corrected chi connectivity index (χ4v) is 2.76. The van der Waals surface area contributed by atoms with Crippen molar-refractivity contribution >= 4 is 22.7 Å². The number of hydrogen-bond acceptors (Lipinski definition) is 4. The van der Waals surface area contributed by atoms with Gasteiger partial charge in [0.2, 0.25) is 0 Å². The number of aryl methyl sites for hydroxylation is 1. The van der Waals surface area contributed by atoms with Gasteiger partial charge >= 0.3 is 5.97 Å². The topological polar surface area (TPSA) is 66.3 Å². The number of carboxylic acids is 1. The average Bonchev–Trinajstić information content (AvgIpc) is 2.87. The molecule has 1 N–H and O–H groups in total. The second kappa shape index (κ2) is 4.50. The van der Waals surface area contributed by atoms with Crippen LogP contribution in [0.3, 0.4) is 0 Å². The van der Waals surface area contributed by atoms with Gasteiger partial charge in [-0.05, 0) is 31.4 Å². The van der Waals surface area contributed by atoms with E-state index in [1.807, 2.05) is 30.0 Å². The van der Waals surface area contributed by atoms with Crippen molar-refractivity contribution in [3.8, 4) is 0 Å². The minimum atomic E-state index is -0.780. The van der Waals surface area contributed by atoms with E-state index < -0.39 is 12.0 Å². The first-order valence-corrected chi connectivity index (χ1v) is 6.38. The summed E-state index contributed by atoms with van der Waals surface area (Å²) in [6.45, 7) is 2.73. The normalized spacial score (nSPS) is 19.0. The quantitative estimate of drug-likeness (QED) is 0.891. The molecule has 0 unspecified atom stereocenters. The van der Waals surface area contributed by atoms with Gasteiger partial charge in [0.1, 0.15) is 18.2 Å². The molecule has 2 aromatic rings. The molecule has 1 fully saturated rings. The maximum Gasteiger partial charge on any atom is 0.326 e. The molecular weight excluding hydrogens is 242 g/mol. The molecule has 0 aliphatic carbocycles. The van der Waals surface area contributed by atoms with E-state index in [-0.39, 0.29) is 0 Å². The van der Waals surface area contributed by atoms with Crippen molar-refractivity contribution in [2.24, 2.45) is 0 Å². The Balaban J connectivity index is 2.17. The van der Waals surface area contributed by atoms with Gasteiger partial charge in [-0.15, -0.1) is 0 Å². The van der Waals surface area contributed by atoms with E-state index >= 15 is 0 Å². The summed E-state index contributed by atoms with van der Waals surface area (Å²) in [5.74, 6) is -0.0363. The number of fused-ring (bicyclic) bond motifs is 1. The third-order valence-electron chi connectivity index (χ3n) is 3.66. The number of carboxylic acid groups (broad SMARTS) is 1. The second-order valence-electron chi connectivity index (χ2n) is 4.86. The predicted molar refractivity (Wildman–Crippen MR) is 72.3 cm³/mol. The van der Waals surface area contributed by atoms with E-state index in [4.69, 9.17) is 0 Å². The van der Waals surface area contributed by atoms with Crippen LogP contribution in [0.5, 0.6) is 0 Å². The van der Waals surface area contributed by atoms with Crippen LogP contribution >= 0.6 is 0 Å². The number of aromatic nitrogens is 2. The third kappa shape index (κ3) is 1.91. The molecule has 5 heteroatoms. The highest BCUT2D eigenvalue weighted by Gasteiger charge is 2.32. The van der Waals surface area contributed by atoms with Crippen molar-refractivity contribution in [3.05, 3.63) is 30.1 Å². The van der Waals surface area contributed by atoms with Crippen molar-refractivity contribution in [2.75, 3.05) is 11.4 Å². The monoisotopic (exact) mass is 257 g/mol. The summed E-state index contributed by atoms with van der Waals surface area (Å²) in [6, 6.07) is 5.41. The zero-order valence-electron chi connectivity index (χ0n) is 10.7. The molecular formula is C14H15N3O2. The van der Waals surface area contributed by atoms with Crippen LogP contribution in [0, 0.1) is 6.92 Å². The molecule has 0 amide bonds. The van der Waals surface area contributed by atoms with E-state index in [9.17, 15) is 9.90 Å². The van der Waals surface area contributed by atoms with Crippen molar-refractivity contribution in [3.63, 3.8) is 0 Å². The van der Waals surface area contributed by atoms with Crippen molar-refractivity contribution in [2.45, 2.75) is 25.8 Å². The molecule has 19 heavy (non-hydrogen) atoms. The van der Waals surface area contributed by atoms with Crippen molar-refractivity contribution in [1.29, 1.82) is 0 Å². The molecule has 0 saturated carbocycles. The van der Waals surface area contributed by atoms with Gasteiger partial charge in [-0.3, -0.25) is 0 Å². The number of rotatable bonds is 2. The average molecular weight is 257 g/mol. The molecule has 0 spiro atoms. The molecule has 3 rings (SSSR count). The van der Waals surface area contributed by atoms with Crippen LogP contribution in [0.4, 0.5) is 5.82 Å². The lowest BCUT2D eigenvalue weighted by Crippen LogP contribution is -2.36. The Morgan fingerprint density at radius 1 is 1.42 bits per heavy atom. The number of hydrogen-bond donors (Lipinski definition) is 1. The zero-order valence-corrected chi connectivity index (χ0v) is 10.7. The second-order valence-corrected chi connectivity index (χ2v) is 4.86. The van der Waals surface area contributed by atoms with Gasteiger partial charge in [0.05, 0.1) is 5.52 Å². The maximum absolute atomic E-state index is 11.3. The van der Waals surface area contributed by atoms with Gasteiger partial charge in [-0.25, -0.2) is 14.8 Å². The summed E-state index contributed by atoms with van der Waals surface area (Å²) in [4.78, 5) is 21.8. The van der Waals surface area contributed by atoms with Gasteiger partial charge in [0.25, 0.3) is 0 Å². The molecule has 1 atom stereocenters. The first-order chi connectivity index (χ1) is 9.18. The number of anilines is 1. The summed E-state index contributed by atoms with van der Waals surface area (Å²) in [5, 5.41) is 10.3. The summed E-state index contributed by atoms with van der Waals surface area (Å²) >= 11 is 0. The van der Waals surface area contributed by atoms with E-state index in [0.29, 0.717) is 6.42 Å². The predicted octanol–water partition coefficient (Wildman–Crippen LogP) is 1.99. The standard InChI is InChI=1S/C14H15N3O2/c1-9-4-2-5-10-12(9)13(16-8-15-10)17-7-3-6-11(17)14(18)19/h2,4-5,8,11H,3,6-7H2,1H3,(H,18,19)/t11-/m0/s1. The van der Waals surface area contributed by atoms with Crippen LogP contribution in [0.1, 0.15) is 18.4 Å². The Hall–Kier alpha value is -2.17. The maximum atomic E-state index is 11.3. The van der Waals surface area contributed by atoms with Gasteiger partial charge in [0, 0.05) is 11.9 Å². The molecule has 98 valence electrons. The Morgan fingerprint density at radius 2 is 2.26 bits per heavy atom. The fraction of sp³-hybridized carbons (Fsp3) is 0.357. The number of carbonyl (C=O) groups is 1. The minimum Gasteiger partial charge on any atom is -0.480 e. The molecule has 0 radical (unpaired) electrons. The van der Waals surface area contributed by atoms with Crippen LogP contribution in [0.2, 0.25) is 0 Å². The van der Waals surface area contributed by atoms with Crippen LogP contribution in [0.25, 0.3) is 10.9 Å². The molecule has 2 heterocycles. The lowest BCUT2D eigenvalue weighted by molar-refractivity contribution is -0.138. The zero-order chi connectivity index (χ0) is 13.4.